The Morgan fingerprint density at radius 1 is 1.32 bits per heavy atom. The van der Waals surface area contributed by atoms with Crippen molar-refractivity contribution in [1.29, 1.82) is 0 Å². The van der Waals surface area contributed by atoms with Gasteiger partial charge in [-0.25, -0.2) is 4.39 Å². The fourth-order valence-electron chi connectivity index (χ4n) is 2.93. The van der Waals surface area contributed by atoms with Crippen molar-refractivity contribution in [2.24, 2.45) is 0 Å². The summed E-state index contributed by atoms with van der Waals surface area (Å²) in [6.45, 7) is 2.78. The molecule has 0 radical (unpaired) electrons. The molecule has 2 aromatic rings. The number of rotatable bonds is 5. The molecule has 1 N–H and O–H groups in total. The molecule has 0 bridgehead atoms. The van der Waals surface area contributed by atoms with Crippen molar-refractivity contribution >= 4 is 5.91 Å². The van der Waals surface area contributed by atoms with Gasteiger partial charge in [-0.15, -0.1) is 0 Å². The summed E-state index contributed by atoms with van der Waals surface area (Å²) < 4.78 is 23.8. The standard InChI is InChI=1S/C18H21FN2O4/c1-24-16-5-4-13(11-14(16)19)15(22)12-20-6-8-21(9-7-20)18(23)17-3-2-10-25-17/h2-5,10-11,15,22H,6-9,12H2,1H3. The summed E-state index contributed by atoms with van der Waals surface area (Å²) in [7, 11) is 1.40. The highest BCUT2D eigenvalue weighted by Gasteiger charge is 2.25. The average Bonchev–Trinajstić information content (AvgIpc) is 3.16. The van der Waals surface area contributed by atoms with Gasteiger partial charge in [0.2, 0.25) is 0 Å². The highest BCUT2D eigenvalue weighted by atomic mass is 19.1. The van der Waals surface area contributed by atoms with Crippen molar-refractivity contribution in [3.05, 3.63) is 53.7 Å². The van der Waals surface area contributed by atoms with E-state index in [1.165, 1.54) is 25.5 Å². The molecular weight excluding hydrogens is 327 g/mol. The summed E-state index contributed by atoms with van der Waals surface area (Å²) in [5.41, 5.74) is 0.507. The van der Waals surface area contributed by atoms with Gasteiger partial charge < -0.3 is 19.2 Å². The molecule has 1 aliphatic rings. The van der Waals surface area contributed by atoms with E-state index in [1.54, 1.807) is 23.1 Å². The molecule has 1 atom stereocenters. The van der Waals surface area contributed by atoms with Crippen LogP contribution in [0, 0.1) is 5.82 Å². The van der Waals surface area contributed by atoms with Crippen LogP contribution in [0.3, 0.4) is 0 Å². The number of carbonyl (C=O) groups excluding carboxylic acids is 1. The van der Waals surface area contributed by atoms with E-state index in [0.717, 1.165) is 0 Å². The minimum Gasteiger partial charge on any atom is -0.494 e. The molecular formula is C18H21FN2O4. The molecule has 2 heterocycles. The number of hydrogen-bond acceptors (Lipinski definition) is 5. The van der Waals surface area contributed by atoms with Crippen molar-refractivity contribution in [2.45, 2.75) is 6.10 Å². The molecule has 1 aromatic heterocycles. The van der Waals surface area contributed by atoms with Crippen LogP contribution in [0.15, 0.2) is 41.0 Å². The van der Waals surface area contributed by atoms with Gasteiger partial charge in [-0.05, 0) is 29.8 Å². The van der Waals surface area contributed by atoms with Gasteiger partial charge in [0.05, 0.1) is 19.5 Å². The van der Waals surface area contributed by atoms with Crippen LogP contribution < -0.4 is 4.74 Å². The minimum absolute atomic E-state index is 0.123. The van der Waals surface area contributed by atoms with Crippen molar-refractivity contribution in [2.75, 3.05) is 39.8 Å². The Labute approximate surface area is 145 Å². The second-order valence-electron chi connectivity index (χ2n) is 5.98. The third-order valence-corrected chi connectivity index (χ3v) is 4.38. The molecule has 1 saturated heterocycles. The molecule has 0 saturated carbocycles. The molecule has 1 amide bonds. The van der Waals surface area contributed by atoms with E-state index >= 15 is 0 Å². The van der Waals surface area contributed by atoms with Crippen molar-refractivity contribution in [3.8, 4) is 5.75 Å². The summed E-state index contributed by atoms with van der Waals surface area (Å²) in [5, 5.41) is 10.3. The first-order valence-corrected chi connectivity index (χ1v) is 8.15. The molecule has 6 nitrogen and oxygen atoms in total. The first-order valence-electron chi connectivity index (χ1n) is 8.15. The van der Waals surface area contributed by atoms with E-state index in [0.29, 0.717) is 44.0 Å². The van der Waals surface area contributed by atoms with Crippen LogP contribution in [0.5, 0.6) is 5.75 Å². The highest BCUT2D eigenvalue weighted by molar-refractivity contribution is 5.91. The topological polar surface area (TPSA) is 66.2 Å². The predicted octanol–water partition coefficient (Wildman–Crippen LogP) is 1.92. The minimum atomic E-state index is -0.798. The molecule has 1 aromatic carbocycles. The normalized spacial score (nSPS) is 16.7. The van der Waals surface area contributed by atoms with Gasteiger partial charge in [0.1, 0.15) is 0 Å². The van der Waals surface area contributed by atoms with Crippen LogP contribution in [-0.4, -0.2) is 60.6 Å². The maximum atomic E-state index is 13.8. The number of hydrogen-bond donors (Lipinski definition) is 1. The van der Waals surface area contributed by atoms with Gasteiger partial charge in [0.25, 0.3) is 5.91 Å². The quantitative estimate of drug-likeness (QED) is 0.894. The van der Waals surface area contributed by atoms with Crippen LogP contribution in [0.4, 0.5) is 4.39 Å². The van der Waals surface area contributed by atoms with E-state index in [9.17, 15) is 14.3 Å². The number of carbonyl (C=O) groups is 1. The van der Waals surface area contributed by atoms with Crippen molar-refractivity contribution < 1.29 is 23.4 Å². The molecule has 25 heavy (non-hydrogen) atoms. The predicted molar refractivity (Wildman–Crippen MR) is 89.0 cm³/mol. The molecule has 3 rings (SSSR count). The number of benzene rings is 1. The first kappa shape index (κ1) is 17.4. The largest absolute Gasteiger partial charge is 0.494 e. The van der Waals surface area contributed by atoms with Gasteiger partial charge >= 0.3 is 0 Å². The lowest BCUT2D eigenvalue weighted by molar-refractivity contribution is 0.0503. The summed E-state index contributed by atoms with van der Waals surface area (Å²) in [6, 6.07) is 7.79. The van der Waals surface area contributed by atoms with Crippen LogP contribution in [0.25, 0.3) is 0 Å². The lowest BCUT2D eigenvalue weighted by atomic mass is 10.1. The zero-order valence-corrected chi connectivity index (χ0v) is 14.0. The zero-order chi connectivity index (χ0) is 17.8. The van der Waals surface area contributed by atoms with E-state index in [2.05, 4.69) is 4.90 Å². The number of methoxy groups -OCH3 is 1. The summed E-state index contributed by atoms with van der Waals surface area (Å²) >= 11 is 0. The van der Waals surface area contributed by atoms with E-state index in [1.807, 2.05) is 0 Å². The maximum absolute atomic E-state index is 13.8. The van der Waals surface area contributed by atoms with Crippen LogP contribution in [0.2, 0.25) is 0 Å². The van der Waals surface area contributed by atoms with E-state index in [4.69, 9.17) is 9.15 Å². The number of nitrogens with zero attached hydrogens (tertiary/aromatic N) is 2. The third-order valence-electron chi connectivity index (χ3n) is 4.38. The molecule has 0 spiro atoms. The molecule has 0 aliphatic carbocycles. The van der Waals surface area contributed by atoms with Gasteiger partial charge in [-0.1, -0.05) is 6.07 Å². The Hall–Kier alpha value is -2.38. The maximum Gasteiger partial charge on any atom is 0.289 e. The number of amides is 1. The summed E-state index contributed by atoms with van der Waals surface area (Å²) in [5.74, 6) is -0.126. The molecule has 1 unspecified atom stereocenters. The third kappa shape index (κ3) is 4.00. The lowest BCUT2D eigenvalue weighted by Crippen LogP contribution is -2.49. The Balaban J connectivity index is 1.53. The van der Waals surface area contributed by atoms with Crippen LogP contribution in [-0.2, 0) is 0 Å². The van der Waals surface area contributed by atoms with Crippen LogP contribution in [0.1, 0.15) is 22.2 Å². The van der Waals surface area contributed by atoms with Crippen molar-refractivity contribution in [1.82, 2.24) is 9.80 Å². The Morgan fingerprint density at radius 3 is 2.68 bits per heavy atom. The molecule has 1 fully saturated rings. The monoisotopic (exact) mass is 348 g/mol. The number of aliphatic hydroxyl groups is 1. The van der Waals surface area contributed by atoms with Gasteiger partial charge in [-0.2, -0.15) is 0 Å². The Morgan fingerprint density at radius 2 is 2.08 bits per heavy atom. The fourth-order valence-corrected chi connectivity index (χ4v) is 2.93. The van der Waals surface area contributed by atoms with Crippen LogP contribution >= 0.6 is 0 Å². The highest BCUT2D eigenvalue weighted by Crippen LogP contribution is 2.23. The SMILES string of the molecule is COc1ccc(C(O)CN2CCN(C(=O)c3ccco3)CC2)cc1F. The fraction of sp³-hybridized carbons (Fsp3) is 0.389. The van der Waals surface area contributed by atoms with Gasteiger partial charge in [0.15, 0.2) is 17.3 Å². The number of aliphatic hydroxyl groups excluding tert-OH is 1. The first-order chi connectivity index (χ1) is 12.1. The second-order valence-corrected chi connectivity index (χ2v) is 5.98. The molecule has 1 aliphatic heterocycles. The number of ether oxygens (including phenoxy) is 1. The van der Waals surface area contributed by atoms with Crippen molar-refractivity contribution in [3.63, 3.8) is 0 Å². The number of piperazine rings is 1. The summed E-state index contributed by atoms with van der Waals surface area (Å²) in [4.78, 5) is 16.0. The van der Waals surface area contributed by atoms with E-state index in [-0.39, 0.29) is 11.7 Å². The molecule has 134 valence electrons. The number of furan rings is 1. The van der Waals surface area contributed by atoms with Gasteiger partial charge in [-0.3, -0.25) is 9.69 Å². The second kappa shape index (κ2) is 7.67. The Kier molecular flexibility index (Phi) is 5.35. The average molecular weight is 348 g/mol. The lowest BCUT2D eigenvalue weighted by Gasteiger charge is -2.35. The zero-order valence-electron chi connectivity index (χ0n) is 14.0. The number of β-amino-alcohol motifs (C(OH)–C–C–N with tert-alkyl or cyclic N) is 1. The van der Waals surface area contributed by atoms with Gasteiger partial charge in [0, 0.05) is 32.7 Å². The number of halogens is 1. The smallest absolute Gasteiger partial charge is 0.289 e. The van der Waals surface area contributed by atoms with E-state index < -0.39 is 11.9 Å². The summed E-state index contributed by atoms with van der Waals surface area (Å²) in [6.07, 6.45) is 0.682. The molecule has 7 heteroatoms. The Bertz CT molecular complexity index is 712.